The summed E-state index contributed by atoms with van der Waals surface area (Å²) < 4.78 is 5.29. The van der Waals surface area contributed by atoms with Gasteiger partial charge in [-0.3, -0.25) is 9.59 Å². The number of hydrogen-bond acceptors (Lipinski definition) is 7. The minimum absolute atomic E-state index is 0.0595. The molecular weight excluding hydrogens is 414 g/mol. The molecule has 0 bridgehead atoms. The molecule has 1 saturated carbocycles. The first-order valence-electron chi connectivity index (χ1n) is 10.1. The van der Waals surface area contributed by atoms with E-state index in [9.17, 15) is 9.59 Å². The summed E-state index contributed by atoms with van der Waals surface area (Å²) in [6.07, 6.45) is 2.05. The van der Waals surface area contributed by atoms with E-state index >= 15 is 0 Å². The van der Waals surface area contributed by atoms with Gasteiger partial charge in [-0.2, -0.15) is 0 Å². The van der Waals surface area contributed by atoms with Gasteiger partial charge in [0.05, 0.1) is 19.0 Å². The first-order chi connectivity index (χ1) is 14.0. The van der Waals surface area contributed by atoms with Gasteiger partial charge in [0, 0.05) is 50.7 Å². The van der Waals surface area contributed by atoms with Crippen molar-refractivity contribution in [1.82, 2.24) is 19.8 Å². The van der Waals surface area contributed by atoms with Crippen LogP contribution in [0.3, 0.4) is 0 Å². The highest BCUT2D eigenvalue weighted by Crippen LogP contribution is 2.33. The van der Waals surface area contributed by atoms with Crippen LogP contribution in [-0.2, 0) is 14.3 Å². The summed E-state index contributed by atoms with van der Waals surface area (Å²) >= 11 is 7.53. The number of piperazine rings is 1. The van der Waals surface area contributed by atoms with Gasteiger partial charge in [0.25, 0.3) is 0 Å². The Morgan fingerprint density at radius 2 is 1.97 bits per heavy atom. The predicted octanol–water partition coefficient (Wildman–Crippen LogP) is 1.53. The zero-order valence-corrected chi connectivity index (χ0v) is 18.1. The molecular formula is C19H26ClN5O3S. The van der Waals surface area contributed by atoms with Crippen molar-refractivity contribution in [2.75, 3.05) is 56.6 Å². The van der Waals surface area contributed by atoms with E-state index in [2.05, 4.69) is 21.8 Å². The number of nitrogens with zero attached hydrogens (tertiary/aromatic N) is 5. The summed E-state index contributed by atoms with van der Waals surface area (Å²) in [6, 6.07) is 1.88. The first-order valence-corrected chi connectivity index (χ1v) is 11.5. The Kier molecular flexibility index (Phi) is 6.46. The van der Waals surface area contributed by atoms with E-state index in [1.165, 1.54) is 11.8 Å². The number of carbonyl (C=O) groups is 2. The highest BCUT2D eigenvalue weighted by molar-refractivity contribution is 7.99. The quantitative estimate of drug-likeness (QED) is 0.391. The second kappa shape index (κ2) is 9.06. The molecule has 8 nitrogen and oxygen atoms in total. The molecule has 0 radical (unpaired) electrons. The SMILES string of the molecule is CC1CN(c2cc(Cl)nc(SCC(=O)N3CCOCC3)n2)CCN1C(=O)C1CC1. The predicted molar refractivity (Wildman–Crippen MR) is 111 cm³/mol. The number of morpholine rings is 1. The second-order valence-corrected chi connectivity index (χ2v) is 9.04. The number of thioether (sulfide) groups is 1. The third kappa shape index (κ3) is 5.13. The van der Waals surface area contributed by atoms with Crippen LogP contribution in [0.5, 0.6) is 0 Å². The van der Waals surface area contributed by atoms with Crippen molar-refractivity contribution in [3.05, 3.63) is 11.2 Å². The first kappa shape index (κ1) is 20.7. The highest BCUT2D eigenvalue weighted by Gasteiger charge is 2.37. The largest absolute Gasteiger partial charge is 0.378 e. The molecule has 1 aliphatic carbocycles. The van der Waals surface area contributed by atoms with Gasteiger partial charge in [-0.25, -0.2) is 9.97 Å². The van der Waals surface area contributed by atoms with Crippen LogP contribution in [0.15, 0.2) is 11.2 Å². The second-order valence-electron chi connectivity index (χ2n) is 7.71. The molecule has 3 aliphatic rings. The molecule has 3 heterocycles. The summed E-state index contributed by atoms with van der Waals surface area (Å²) in [5, 5.41) is 0.860. The van der Waals surface area contributed by atoms with Crippen LogP contribution in [0.1, 0.15) is 19.8 Å². The van der Waals surface area contributed by atoms with E-state index in [1.54, 1.807) is 11.0 Å². The van der Waals surface area contributed by atoms with Crippen molar-refractivity contribution in [3.8, 4) is 0 Å². The molecule has 4 rings (SSSR count). The van der Waals surface area contributed by atoms with Crippen LogP contribution in [0, 0.1) is 5.92 Å². The number of aromatic nitrogens is 2. The van der Waals surface area contributed by atoms with E-state index < -0.39 is 0 Å². The van der Waals surface area contributed by atoms with E-state index in [-0.39, 0.29) is 29.5 Å². The van der Waals surface area contributed by atoms with Gasteiger partial charge in [-0.05, 0) is 19.8 Å². The number of halogens is 1. The van der Waals surface area contributed by atoms with Gasteiger partial charge < -0.3 is 19.4 Å². The molecule has 2 amide bonds. The number of rotatable bonds is 5. The van der Waals surface area contributed by atoms with Crippen LogP contribution in [-0.4, -0.2) is 89.3 Å². The van der Waals surface area contributed by atoms with Crippen LogP contribution in [0.2, 0.25) is 5.15 Å². The van der Waals surface area contributed by atoms with E-state index in [4.69, 9.17) is 16.3 Å². The molecule has 1 aromatic heterocycles. The number of hydrogen-bond donors (Lipinski definition) is 0. The summed E-state index contributed by atoms with van der Waals surface area (Å²) in [7, 11) is 0. The van der Waals surface area contributed by atoms with Gasteiger partial charge in [0.15, 0.2) is 5.16 Å². The van der Waals surface area contributed by atoms with Crippen LogP contribution < -0.4 is 4.90 Å². The normalized spacial score (nSPS) is 22.7. The Labute approximate surface area is 179 Å². The number of amides is 2. The highest BCUT2D eigenvalue weighted by atomic mass is 35.5. The molecule has 2 saturated heterocycles. The Morgan fingerprint density at radius 3 is 2.66 bits per heavy atom. The molecule has 0 spiro atoms. The molecule has 2 aliphatic heterocycles. The fourth-order valence-corrected chi connectivity index (χ4v) is 4.68. The zero-order chi connectivity index (χ0) is 20.4. The van der Waals surface area contributed by atoms with Gasteiger partial charge in [0.1, 0.15) is 11.0 Å². The summed E-state index contributed by atoms with van der Waals surface area (Å²) in [6.45, 7) is 6.62. The summed E-state index contributed by atoms with van der Waals surface area (Å²) in [5.41, 5.74) is 0. The van der Waals surface area contributed by atoms with E-state index in [0.29, 0.717) is 56.2 Å². The molecule has 0 N–H and O–H groups in total. The lowest BCUT2D eigenvalue weighted by molar-refractivity contribution is -0.135. The lowest BCUT2D eigenvalue weighted by atomic mass is 10.1. The Hall–Kier alpha value is -1.58. The maximum Gasteiger partial charge on any atom is 0.233 e. The molecule has 1 unspecified atom stereocenters. The van der Waals surface area contributed by atoms with Crippen LogP contribution >= 0.6 is 23.4 Å². The minimum atomic E-state index is 0.0595. The molecule has 1 aromatic rings. The number of anilines is 1. The van der Waals surface area contributed by atoms with Crippen molar-refractivity contribution in [3.63, 3.8) is 0 Å². The van der Waals surface area contributed by atoms with Crippen molar-refractivity contribution in [1.29, 1.82) is 0 Å². The number of carbonyl (C=O) groups excluding carboxylic acids is 2. The topological polar surface area (TPSA) is 78.9 Å². The van der Waals surface area contributed by atoms with Gasteiger partial charge >= 0.3 is 0 Å². The molecule has 29 heavy (non-hydrogen) atoms. The van der Waals surface area contributed by atoms with E-state index in [0.717, 1.165) is 18.7 Å². The van der Waals surface area contributed by atoms with Crippen molar-refractivity contribution in [2.24, 2.45) is 5.92 Å². The average molecular weight is 440 g/mol. The lowest BCUT2D eigenvalue weighted by Crippen LogP contribution is -2.54. The Morgan fingerprint density at radius 1 is 1.21 bits per heavy atom. The zero-order valence-electron chi connectivity index (χ0n) is 16.6. The molecule has 10 heteroatoms. The molecule has 3 fully saturated rings. The van der Waals surface area contributed by atoms with Gasteiger partial charge in [0.2, 0.25) is 11.8 Å². The van der Waals surface area contributed by atoms with Gasteiger partial charge in [-0.1, -0.05) is 23.4 Å². The average Bonchev–Trinajstić information content (AvgIpc) is 3.57. The minimum Gasteiger partial charge on any atom is -0.378 e. The van der Waals surface area contributed by atoms with Crippen LogP contribution in [0.25, 0.3) is 0 Å². The van der Waals surface area contributed by atoms with E-state index in [1.807, 2.05) is 4.90 Å². The Balaban J connectivity index is 1.36. The number of ether oxygens (including phenoxy) is 1. The standard InChI is InChI=1S/C19H26ClN5O3S/c1-13-11-24(4-5-25(13)18(27)14-2-3-14)16-10-15(20)21-19(22-16)29-12-17(26)23-6-8-28-9-7-23/h10,13-14H,2-9,11-12H2,1H3. The fraction of sp³-hybridized carbons (Fsp3) is 0.684. The third-order valence-corrected chi connectivity index (χ3v) is 6.54. The van der Waals surface area contributed by atoms with Gasteiger partial charge in [-0.15, -0.1) is 0 Å². The monoisotopic (exact) mass is 439 g/mol. The van der Waals surface area contributed by atoms with Crippen molar-refractivity contribution in [2.45, 2.75) is 31.0 Å². The Bertz CT molecular complexity index is 772. The molecule has 158 valence electrons. The van der Waals surface area contributed by atoms with Crippen molar-refractivity contribution < 1.29 is 14.3 Å². The maximum absolute atomic E-state index is 12.4. The lowest BCUT2D eigenvalue weighted by Gasteiger charge is -2.40. The smallest absolute Gasteiger partial charge is 0.233 e. The van der Waals surface area contributed by atoms with Crippen LogP contribution in [0.4, 0.5) is 5.82 Å². The molecule has 1 atom stereocenters. The summed E-state index contributed by atoms with van der Waals surface area (Å²) in [5.74, 6) is 1.61. The van der Waals surface area contributed by atoms with Crippen molar-refractivity contribution >= 4 is 41.0 Å². The molecule has 0 aromatic carbocycles. The fourth-order valence-electron chi connectivity index (χ4n) is 3.70. The third-order valence-electron chi connectivity index (χ3n) is 5.51. The maximum atomic E-state index is 12.4. The summed E-state index contributed by atoms with van der Waals surface area (Å²) in [4.78, 5) is 39.6.